The first-order valence-electron chi connectivity index (χ1n) is 10.5. The lowest BCUT2D eigenvalue weighted by Gasteiger charge is -2.01. The Labute approximate surface area is 177 Å². The van der Waals surface area contributed by atoms with Crippen molar-refractivity contribution < 1.29 is 9.53 Å². The highest BCUT2D eigenvalue weighted by Gasteiger charge is 2.06. The first kappa shape index (κ1) is 26.3. The topological polar surface area (TPSA) is 26.3 Å². The van der Waals surface area contributed by atoms with Crippen LogP contribution in [0, 0.1) is 0 Å². The molecule has 0 aromatic heterocycles. The standard InChI is InChI=1S/C25H38O2S/c1-4-6-7-8-9-10-11-12-13-14-15-16-17-18-19-20-21-22-23-24(28-3)25(26)27-5-2/h13-23H,4-12H2,1-3H3. The van der Waals surface area contributed by atoms with Crippen LogP contribution in [0.4, 0.5) is 0 Å². The molecule has 0 aliphatic carbocycles. The van der Waals surface area contributed by atoms with E-state index in [4.69, 9.17) is 4.74 Å². The van der Waals surface area contributed by atoms with E-state index in [-0.39, 0.29) is 5.97 Å². The summed E-state index contributed by atoms with van der Waals surface area (Å²) >= 11 is 1.39. The lowest BCUT2D eigenvalue weighted by atomic mass is 10.1. The van der Waals surface area contributed by atoms with Gasteiger partial charge in [0.25, 0.3) is 0 Å². The Bertz CT molecular complexity index is 551. The normalized spacial score (nSPS) is 13.2. The van der Waals surface area contributed by atoms with Gasteiger partial charge in [-0.2, -0.15) is 0 Å². The molecule has 0 atom stereocenters. The molecule has 0 aromatic rings. The van der Waals surface area contributed by atoms with E-state index in [1.807, 2.05) is 55.7 Å². The SMILES string of the molecule is CCCCCCCCCC=CC=CC=CC=CC=CC=C(SC)C(=O)OCC. The van der Waals surface area contributed by atoms with Crippen LogP contribution < -0.4 is 0 Å². The van der Waals surface area contributed by atoms with Crippen LogP contribution in [-0.4, -0.2) is 18.8 Å². The van der Waals surface area contributed by atoms with E-state index < -0.39 is 0 Å². The van der Waals surface area contributed by atoms with E-state index in [0.717, 1.165) is 0 Å². The molecule has 2 nitrogen and oxygen atoms in total. The quantitative estimate of drug-likeness (QED) is 0.114. The fourth-order valence-electron chi connectivity index (χ4n) is 2.41. The van der Waals surface area contributed by atoms with Crippen molar-refractivity contribution in [2.24, 2.45) is 0 Å². The molecule has 0 rings (SSSR count). The molecule has 0 saturated heterocycles. The Hall–Kier alpha value is -1.74. The summed E-state index contributed by atoms with van der Waals surface area (Å²) in [6.07, 6.45) is 34.4. The van der Waals surface area contributed by atoms with Crippen LogP contribution in [0.25, 0.3) is 0 Å². The van der Waals surface area contributed by atoms with Crippen LogP contribution in [0.3, 0.4) is 0 Å². The summed E-state index contributed by atoms with van der Waals surface area (Å²) in [5, 5.41) is 0. The Kier molecular flexibility index (Phi) is 20.2. The molecule has 0 fully saturated rings. The molecule has 0 bridgehead atoms. The first-order chi connectivity index (χ1) is 13.8. The summed E-state index contributed by atoms with van der Waals surface area (Å²) < 4.78 is 4.98. The molecule has 0 aliphatic rings. The number of hydrogen-bond acceptors (Lipinski definition) is 3. The van der Waals surface area contributed by atoms with Gasteiger partial charge in [-0.3, -0.25) is 0 Å². The molecular formula is C25H38O2S. The van der Waals surface area contributed by atoms with Crippen molar-refractivity contribution in [2.45, 2.75) is 65.2 Å². The monoisotopic (exact) mass is 402 g/mol. The number of thioether (sulfide) groups is 1. The van der Waals surface area contributed by atoms with E-state index in [1.165, 1.54) is 63.1 Å². The summed E-state index contributed by atoms with van der Waals surface area (Å²) in [4.78, 5) is 12.2. The molecule has 0 amide bonds. The fourth-order valence-corrected chi connectivity index (χ4v) is 2.85. The van der Waals surface area contributed by atoms with Gasteiger partial charge in [-0.15, -0.1) is 11.8 Å². The van der Waals surface area contributed by atoms with Crippen LogP contribution in [-0.2, 0) is 9.53 Å². The van der Waals surface area contributed by atoms with Crippen LogP contribution in [0.2, 0.25) is 0 Å². The van der Waals surface area contributed by atoms with Crippen molar-refractivity contribution in [2.75, 3.05) is 12.9 Å². The van der Waals surface area contributed by atoms with Gasteiger partial charge in [-0.25, -0.2) is 4.79 Å². The van der Waals surface area contributed by atoms with Crippen molar-refractivity contribution in [1.82, 2.24) is 0 Å². The molecule has 0 spiro atoms. The highest BCUT2D eigenvalue weighted by atomic mass is 32.2. The second-order valence-electron chi connectivity index (χ2n) is 6.33. The van der Waals surface area contributed by atoms with Gasteiger partial charge >= 0.3 is 5.97 Å². The van der Waals surface area contributed by atoms with Gasteiger partial charge in [0, 0.05) is 0 Å². The zero-order valence-electron chi connectivity index (χ0n) is 17.9. The van der Waals surface area contributed by atoms with Gasteiger partial charge in [0.05, 0.1) is 11.5 Å². The first-order valence-corrected chi connectivity index (χ1v) is 11.7. The number of unbranched alkanes of at least 4 members (excludes halogenated alkanes) is 7. The number of hydrogen-bond donors (Lipinski definition) is 0. The maximum Gasteiger partial charge on any atom is 0.344 e. The molecule has 0 unspecified atom stereocenters. The van der Waals surface area contributed by atoms with Gasteiger partial charge < -0.3 is 4.74 Å². The van der Waals surface area contributed by atoms with Gasteiger partial charge in [-0.1, -0.05) is 106 Å². The Balaban J connectivity index is 3.88. The average molecular weight is 403 g/mol. The number of carbonyl (C=O) groups excluding carboxylic acids is 1. The predicted octanol–water partition coefficient (Wildman–Crippen LogP) is 7.72. The molecule has 156 valence electrons. The Morgan fingerprint density at radius 1 is 0.750 bits per heavy atom. The van der Waals surface area contributed by atoms with Gasteiger partial charge in [0.15, 0.2) is 0 Å². The van der Waals surface area contributed by atoms with Gasteiger partial charge in [0.2, 0.25) is 0 Å². The van der Waals surface area contributed by atoms with Crippen molar-refractivity contribution in [3.63, 3.8) is 0 Å². The molecule has 0 saturated carbocycles. The summed E-state index contributed by atoms with van der Waals surface area (Å²) in [5.74, 6) is -0.270. The second-order valence-corrected chi connectivity index (χ2v) is 7.18. The fraction of sp³-hybridized carbons (Fsp3) is 0.480. The van der Waals surface area contributed by atoms with Gasteiger partial charge in [-0.05, 0) is 32.1 Å². The van der Waals surface area contributed by atoms with Crippen molar-refractivity contribution in [3.8, 4) is 0 Å². The number of allylic oxidation sites excluding steroid dienone is 11. The average Bonchev–Trinajstić information content (AvgIpc) is 2.70. The third-order valence-electron chi connectivity index (χ3n) is 3.94. The Morgan fingerprint density at radius 3 is 1.86 bits per heavy atom. The van der Waals surface area contributed by atoms with Crippen molar-refractivity contribution in [1.29, 1.82) is 0 Å². The summed E-state index contributed by atoms with van der Waals surface area (Å²) in [7, 11) is 0. The molecule has 3 heteroatoms. The van der Waals surface area contributed by atoms with Crippen LogP contribution in [0.1, 0.15) is 65.2 Å². The maximum atomic E-state index is 11.6. The number of esters is 1. The van der Waals surface area contributed by atoms with E-state index in [2.05, 4.69) is 25.2 Å². The van der Waals surface area contributed by atoms with E-state index in [9.17, 15) is 4.79 Å². The molecule has 0 N–H and O–H groups in total. The zero-order chi connectivity index (χ0) is 20.7. The Morgan fingerprint density at radius 2 is 1.29 bits per heavy atom. The highest BCUT2D eigenvalue weighted by molar-refractivity contribution is 8.03. The van der Waals surface area contributed by atoms with Crippen LogP contribution >= 0.6 is 11.8 Å². The molecule has 0 aromatic carbocycles. The van der Waals surface area contributed by atoms with Crippen LogP contribution in [0.15, 0.2) is 71.7 Å². The summed E-state index contributed by atoms with van der Waals surface area (Å²) in [6, 6.07) is 0. The summed E-state index contributed by atoms with van der Waals surface area (Å²) in [5.41, 5.74) is 0. The third-order valence-corrected chi connectivity index (χ3v) is 4.69. The zero-order valence-corrected chi connectivity index (χ0v) is 18.8. The van der Waals surface area contributed by atoms with Crippen molar-refractivity contribution >= 4 is 17.7 Å². The smallest absolute Gasteiger partial charge is 0.344 e. The highest BCUT2D eigenvalue weighted by Crippen LogP contribution is 2.13. The van der Waals surface area contributed by atoms with Crippen LogP contribution in [0.5, 0.6) is 0 Å². The summed E-state index contributed by atoms with van der Waals surface area (Å²) in [6.45, 7) is 4.46. The second kappa shape index (κ2) is 21.6. The van der Waals surface area contributed by atoms with Gasteiger partial charge in [0.1, 0.15) is 0 Å². The lowest BCUT2D eigenvalue weighted by molar-refractivity contribution is -0.137. The number of ether oxygens (including phenoxy) is 1. The minimum Gasteiger partial charge on any atom is -0.462 e. The van der Waals surface area contributed by atoms with E-state index in [0.29, 0.717) is 11.5 Å². The molecule has 0 heterocycles. The largest absolute Gasteiger partial charge is 0.462 e. The number of rotatable bonds is 16. The lowest BCUT2D eigenvalue weighted by Crippen LogP contribution is -2.04. The maximum absolute atomic E-state index is 11.6. The number of carbonyl (C=O) groups is 1. The van der Waals surface area contributed by atoms with E-state index in [1.54, 1.807) is 6.08 Å². The minimum absolute atomic E-state index is 0.270. The minimum atomic E-state index is -0.270. The molecular weight excluding hydrogens is 364 g/mol. The molecule has 0 aliphatic heterocycles. The van der Waals surface area contributed by atoms with Crippen molar-refractivity contribution in [3.05, 3.63) is 71.7 Å². The van der Waals surface area contributed by atoms with E-state index >= 15 is 0 Å². The third kappa shape index (κ3) is 17.7. The predicted molar refractivity (Wildman–Crippen MR) is 127 cm³/mol. The molecule has 0 radical (unpaired) electrons. The molecule has 28 heavy (non-hydrogen) atoms.